The van der Waals surface area contributed by atoms with Gasteiger partial charge in [0.05, 0.1) is 13.2 Å². The zero-order chi connectivity index (χ0) is 19.3. The molecule has 1 aromatic carbocycles. The molecular formula is C19H19ClN6O2. The minimum Gasteiger partial charge on any atom is -0.378 e. The number of nitrogens with zero attached hydrogens (tertiary/aromatic N) is 5. The first-order valence-electron chi connectivity index (χ1n) is 8.91. The van der Waals surface area contributed by atoms with Crippen LogP contribution in [0.1, 0.15) is 16.1 Å². The van der Waals surface area contributed by atoms with Crippen LogP contribution in [0.5, 0.6) is 0 Å². The lowest BCUT2D eigenvalue weighted by molar-refractivity contribution is 0.0946. The molecule has 0 unspecified atom stereocenters. The standard InChI is InChI=1S/C19H19ClN6O2/c20-15-3-1-2-14(8-15)10-21-19(27)16-11-26(13-24-16)18-9-17(22-12-23-18)25-4-6-28-7-5-25/h1-3,8-9,11-13H,4-7,10H2,(H,21,27). The highest BCUT2D eigenvalue weighted by Crippen LogP contribution is 2.16. The van der Waals surface area contributed by atoms with Crippen LogP contribution in [0.25, 0.3) is 5.82 Å². The molecule has 0 atom stereocenters. The maximum atomic E-state index is 12.4. The van der Waals surface area contributed by atoms with Crippen LogP contribution in [0.4, 0.5) is 5.82 Å². The summed E-state index contributed by atoms with van der Waals surface area (Å²) in [6, 6.07) is 9.23. The topological polar surface area (TPSA) is 85.2 Å². The van der Waals surface area contributed by atoms with Gasteiger partial charge < -0.3 is 15.0 Å². The summed E-state index contributed by atoms with van der Waals surface area (Å²) >= 11 is 5.97. The molecule has 1 aliphatic rings. The second kappa shape index (κ2) is 8.37. The zero-order valence-corrected chi connectivity index (χ0v) is 15.8. The lowest BCUT2D eigenvalue weighted by Crippen LogP contribution is -2.36. The lowest BCUT2D eigenvalue weighted by Gasteiger charge is -2.27. The second-order valence-corrected chi connectivity index (χ2v) is 6.75. The molecule has 28 heavy (non-hydrogen) atoms. The van der Waals surface area contributed by atoms with Crippen molar-refractivity contribution in [2.75, 3.05) is 31.2 Å². The van der Waals surface area contributed by atoms with Crippen LogP contribution >= 0.6 is 11.6 Å². The van der Waals surface area contributed by atoms with Gasteiger partial charge in [-0.25, -0.2) is 15.0 Å². The Labute approximate surface area is 167 Å². The number of benzene rings is 1. The number of amides is 1. The van der Waals surface area contributed by atoms with Crippen molar-refractivity contribution >= 4 is 23.3 Å². The summed E-state index contributed by atoms with van der Waals surface area (Å²) in [4.78, 5) is 27.3. The SMILES string of the molecule is O=C(NCc1cccc(Cl)c1)c1cn(-c2cc(N3CCOCC3)ncn2)cn1. The highest BCUT2D eigenvalue weighted by molar-refractivity contribution is 6.30. The zero-order valence-electron chi connectivity index (χ0n) is 15.1. The van der Waals surface area contributed by atoms with Crippen LogP contribution in [-0.4, -0.2) is 51.7 Å². The summed E-state index contributed by atoms with van der Waals surface area (Å²) < 4.78 is 7.08. The van der Waals surface area contributed by atoms with Crippen molar-refractivity contribution in [3.05, 3.63) is 65.5 Å². The average molecular weight is 399 g/mol. The van der Waals surface area contributed by atoms with Crippen LogP contribution in [0.2, 0.25) is 5.02 Å². The number of hydrogen-bond acceptors (Lipinski definition) is 6. The Hall–Kier alpha value is -2.97. The number of carbonyl (C=O) groups excluding carboxylic acids is 1. The molecule has 0 bridgehead atoms. The van der Waals surface area contributed by atoms with E-state index in [1.165, 1.54) is 6.33 Å². The molecule has 0 saturated carbocycles. The van der Waals surface area contributed by atoms with Crippen LogP contribution < -0.4 is 10.2 Å². The van der Waals surface area contributed by atoms with Gasteiger partial charge in [0, 0.05) is 36.9 Å². The minimum atomic E-state index is -0.263. The quantitative estimate of drug-likeness (QED) is 0.708. The fourth-order valence-electron chi connectivity index (χ4n) is 2.93. The van der Waals surface area contributed by atoms with Crippen LogP contribution in [0.3, 0.4) is 0 Å². The third-order valence-corrected chi connectivity index (χ3v) is 4.63. The van der Waals surface area contributed by atoms with E-state index in [-0.39, 0.29) is 5.91 Å². The van der Waals surface area contributed by atoms with E-state index in [0.29, 0.717) is 36.3 Å². The first-order valence-corrected chi connectivity index (χ1v) is 9.28. The smallest absolute Gasteiger partial charge is 0.271 e. The fourth-order valence-corrected chi connectivity index (χ4v) is 3.14. The number of imidazole rings is 1. The van der Waals surface area contributed by atoms with Gasteiger partial charge in [-0.2, -0.15) is 0 Å². The van der Waals surface area contributed by atoms with Gasteiger partial charge in [-0.1, -0.05) is 23.7 Å². The van der Waals surface area contributed by atoms with Crippen molar-refractivity contribution in [2.45, 2.75) is 6.54 Å². The molecule has 3 aromatic rings. The average Bonchev–Trinajstić information content (AvgIpc) is 3.23. The summed E-state index contributed by atoms with van der Waals surface area (Å²) in [6.45, 7) is 3.32. The molecular weight excluding hydrogens is 380 g/mol. The summed E-state index contributed by atoms with van der Waals surface area (Å²) in [5.41, 5.74) is 1.24. The molecule has 1 saturated heterocycles. The van der Waals surface area contributed by atoms with Gasteiger partial charge in [0.15, 0.2) is 0 Å². The molecule has 0 spiro atoms. The number of ether oxygens (including phenoxy) is 1. The van der Waals surface area contributed by atoms with Crippen molar-refractivity contribution in [3.63, 3.8) is 0 Å². The van der Waals surface area contributed by atoms with E-state index in [4.69, 9.17) is 16.3 Å². The molecule has 1 amide bonds. The molecule has 8 nitrogen and oxygen atoms in total. The molecule has 144 valence electrons. The van der Waals surface area contributed by atoms with E-state index in [9.17, 15) is 4.79 Å². The summed E-state index contributed by atoms with van der Waals surface area (Å²) in [5, 5.41) is 3.48. The molecule has 2 aromatic heterocycles. The van der Waals surface area contributed by atoms with E-state index >= 15 is 0 Å². The number of carbonyl (C=O) groups is 1. The number of halogens is 1. The molecule has 9 heteroatoms. The molecule has 0 radical (unpaired) electrons. The number of morpholine rings is 1. The molecule has 0 aliphatic carbocycles. The Bertz CT molecular complexity index is 970. The first kappa shape index (κ1) is 18.4. The Morgan fingerprint density at radius 3 is 2.79 bits per heavy atom. The lowest BCUT2D eigenvalue weighted by atomic mass is 10.2. The maximum absolute atomic E-state index is 12.4. The Morgan fingerprint density at radius 1 is 1.14 bits per heavy atom. The van der Waals surface area contributed by atoms with E-state index < -0.39 is 0 Å². The van der Waals surface area contributed by atoms with Crippen molar-refractivity contribution < 1.29 is 9.53 Å². The number of aromatic nitrogens is 4. The van der Waals surface area contributed by atoms with Crippen LogP contribution in [0, 0.1) is 0 Å². The Balaban J connectivity index is 1.44. The van der Waals surface area contributed by atoms with Crippen molar-refractivity contribution in [1.29, 1.82) is 0 Å². The maximum Gasteiger partial charge on any atom is 0.271 e. The summed E-state index contributed by atoms with van der Waals surface area (Å²) in [6.07, 6.45) is 4.73. The Morgan fingerprint density at radius 2 is 1.96 bits per heavy atom. The highest BCUT2D eigenvalue weighted by atomic mass is 35.5. The van der Waals surface area contributed by atoms with Gasteiger partial charge in [-0.15, -0.1) is 0 Å². The molecule has 3 heterocycles. The second-order valence-electron chi connectivity index (χ2n) is 6.31. The summed E-state index contributed by atoms with van der Waals surface area (Å²) in [7, 11) is 0. The summed E-state index contributed by atoms with van der Waals surface area (Å²) in [5.74, 6) is 1.22. The predicted octanol–water partition coefficient (Wildman–Crippen LogP) is 2.08. The molecule has 4 rings (SSSR count). The van der Waals surface area contributed by atoms with E-state index in [1.807, 2.05) is 24.3 Å². The van der Waals surface area contributed by atoms with Gasteiger partial charge in [0.2, 0.25) is 0 Å². The van der Waals surface area contributed by atoms with Gasteiger partial charge in [-0.05, 0) is 17.7 Å². The number of hydrogen-bond donors (Lipinski definition) is 1. The van der Waals surface area contributed by atoms with Crippen molar-refractivity contribution in [2.24, 2.45) is 0 Å². The number of rotatable bonds is 5. The van der Waals surface area contributed by atoms with Crippen molar-refractivity contribution in [1.82, 2.24) is 24.8 Å². The van der Waals surface area contributed by atoms with Gasteiger partial charge in [0.1, 0.15) is 30.0 Å². The third kappa shape index (κ3) is 4.29. The van der Waals surface area contributed by atoms with E-state index in [0.717, 1.165) is 24.5 Å². The van der Waals surface area contributed by atoms with E-state index in [2.05, 4.69) is 25.2 Å². The minimum absolute atomic E-state index is 0.263. The molecule has 1 N–H and O–H groups in total. The number of anilines is 1. The Kier molecular flexibility index (Phi) is 5.50. The largest absolute Gasteiger partial charge is 0.378 e. The highest BCUT2D eigenvalue weighted by Gasteiger charge is 2.15. The van der Waals surface area contributed by atoms with E-state index in [1.54, 1.807) is 23.2 Å². The molecule has 1 fully saturated rings. The van der Waals surface area contributed by atoms with Gasteiger partial charge >= 0.3 is 0 Å². The van der Waals surface area contributed by atoms with Crippen LogP contribution in [0.15, 0.2) is 49.2 Å². The predicted molar refractivity (Wildman–Crippen MR) is 105 cm³/mol. The third-order valence-electron chi connectivity index (χ3n) is 4.40. The van der Waals surface area contributed by atoms with Crippen molar-refractivity contribution in [3.8, 4) is 5.82 Å². The monoisotopic (exact) mass is 398 g/mol. The normalized spacial score (nSPS) is 14.1. The molecule has 1 aliphatic heterocycles. The van der Waals surface area contributed by atoms with Gasteiger partial charge in [-0.3, -0.25) is 9.36 Å². The number of nitrogens with one attached hydrogen (secondary N) is 1. The fraction of sp³-hybridized carbons (Fsp3) is 0.263. The van der Waals surface area contributed by atoms with Gasteiger partial charge in [0.25, 0.3) is 5.91 Å². The first-order chi connectivity index (χ1) is 13.7. The van der Waals surface area contributed by atoms with Crippen LogP contribution in [-0.2, 0) is 11.3 Å².